The van der Waals surface area contributed by atoms with Crippen LogP contribution < -0.4 is 4.90 Å². The molecular formula is C24H26ClN5O2. The van der Waals surface area contributed by atoms with Gasteiger partial charge in [-0.2, -0.15) is 0 Å². The van der Waals surface area contributed by atoms with Crippen molar-refractivity contribution in [2.75, 3.05) is 37.6 Å². The van der Waals surface area contributed by atoms with E-state index in [1.165, 1.54) is 0 Å². The number of anilines is 1. The minimum Gasteiger partial charge on any atom is -0.344 e. The summed E-state index contributed by atoms with van der Waals surface area (Å²) in [6.45, 7) is 7.12. The number of piperazine rings is 1. The van der Waals surface area contributed by atoms with Gasteiger partial charge in [0.25, 0.3) is 0 Å². The van der Waals surface area contributed by atoms with Gasteiger partial charge < -0.3 is 9.47 Å². The highest BCUT2D eigenvalue weighted by Crippen LogP contribution is 2.25. The molecular weight excluding hydrogens is 426 g/mol. The maximum atomic E-state index is 13.3. The fraction of sp³-hybridized carbons (Fsp3) is 0.333. The van der Waals surface area contributed by atoms with Crippen LogP contribution in [0.2, 0.25) is 5.02 Å². The Morgan fingerprint density at radius 1 is 1.00 bits per heavy atom. The summed E-state index contributed by atoms with van der Waals surface area (Å²) in [5.41, 5.74) is 3.27. The van der Waals surface area contributed by atoms with E-state index in [2.05, 4.69) is 19.8 Å². The fourth-order valence-corrected chi connectivity index (χ4v) is 4.42. The molecule has 0 radical (unpaired) electrons. The van der Waals surface area contributed by atoms with Gasteiger partial charge in [0.1, 0.15) is 0 Å². The minimum atomic E-state index is -0.111. The molecule has 32 heavy (non-hydrogen) atoms. The zero-order valence-corrected chi connectivity index (χ0v) is 19.3. The maximum Gasteiger partial charge on any atom is 0.225 e. The van der Waals surface area contributed by atoms with Crippen molar-refractivity contribution in [1.82, 2.24) is 19.4 Å². The molecule has 3 aromatic rings. The molecule has 2 aromatic heterocycles. The van der Waals surface area contributed by atoms with Crippen molar-refractivity contribution in [3.63, 3.8) is 0 Å². The molecule has 1 saturated heterocycles. The van der Waals surface area contributed by atoms with Crippen molar-refractivity contribution in [3.8, 4) is 0 Å². The molecule has 1 aliphatic heterocycles. The molecule has 0 amide bonds. The third kappa shape index (κ3) is 4.31. The number of nitrogens with zero attached hydrogens (tertiary/aromatic N) is 5. The normalized spacial score (nSPS) is 14.6. The zero-order valence-electron chi connectivity index (χ0n) is 18.5. The Morgan fingerprint density at radius 3 is 2.25 bits per heavy atom. The van der Waals surface area contributed by atoms with Gasteiger partial charge in [0, 0.05) is 67.5 Å². The first kappa shape index (κ1) is 22.2. The van der Waals surface area contributed by atoms with Crippen LogP contribution in [0, 0.1) is 13.8 Å². The number of aromatic nitrogens is 3. The lowest BCUT2D eigenvalue weighted by Crippen LogP contribution is -2.48. The highest BCUT2D eigenvalue weighted by atomic mass is 35.5. The minimum absolute atomic E-state index is 0.0372. The van der Waals surface area contributed by atoms with E-state index in [4.69, 9.17) is 11.6 Å². The van der Waals surface area contributed by atoms with E-state index in [1.807, 2.05) is 25.5 Å². The second-order valence-electron chi connectivity index (χ2n) is 8.06. The quantitative estimate of drug-likeness (QED) is 0.535. The van der Waals surface area contributed by atoms with Crippen molar-refractivity contribution in [2.45, 2.75) is 13.8 Å². The average molecular weight is 452 g/mol. The maximum absolute atomic E-state index is 13.3. The molecule has 1 aromatic carbocycles. The molecule has 3 heterocycles. The van der Waals surface area contributed by atoms with Gasteiger partial charge in [-0.3, -0.25) is 14.5 Å². The SMILES string of the molecule is Cc1c(C(=O)CN2CCN(c3ncccn3)CC2)c(C)n(C)c1C(=O)c1ccc(Cl)cc1. The molecule has 0 aliphatic carbocycles. The van der Waals surface area contributed by atoms with E-state index in [0.717, 1.165) is 43.4 Å². The van der Waals surface area contributed by atoms with Gasteiger partial charge in [-0.05, 0) is 49.7 Å². The first-order valence-corrected chi connectivity index (χ1v) is 11.0. The van der Waals surface area contributed by atoms with E-state index < -0.39 is 0 Å². The number of hydrogen-bond acceptors (Lipinski definition) is 6. The van der Waals surface area contributed by atoms with Crippen LogP contribution in [0.5, 0.6) is 0 Å². The van der Waals surface area contributed by atoms with E-state index in [9.17, 15) is 9.59 Å². The summed E-state index contributed by atoms with van der Waals surface area (Å²) in [6.07, 6.45) is 3.48. The van der Waals surface area contributed by atoms with Crippen molar-refractivity contribution in [1.29, 1.82) is 0 Å². The topological polar surface area (TPSA) is 71.3 Å². The molecule has 0 spiro atoms. The summed E-state index contributed by atoms with van der Waals surface area (Å²) in [7, 11) is 1.83. The molecule has 0 bridgehead atoms. The van der Waals surface area contributed by atoms with E-state index in [-0.39, 0.29) is 11.6 Å². The smallest absolute Gasteiger partial charge is 0.225 e. The Kier molecular flexibility index (Phi) is 6.39. The van der Waals surface area contributed by atoms with Crippen molar-refractivity contribution in [3.05, 3.63) is 75.8 Å². The Morgan fingerprint density at radius 2 is 1.62 bits per heavy atom. The van der Waals surface area contributed by atoms with Crippen molar-refractivity contribution in [2.24, 2.45) is 7.05 Å². The van der Waals surface area contributed by atoms with Crippen LogP contribution in [0.1, 0.15) is 37.7 Å². The fourth-order valence-electron chi connectivity index (χ4n) is 4.29. The highest BCUT2D eigenvalue weighted by molar-refractivity contribution is 6.30. The Hall–Kier alpha value is -3.03. The standard InChI is InChI=1S/C24H26ClN5O2/c1-16-21(17(2)28(3)22(16)23(32)18-5-7-19(25)8-6-18)20(31)15-29-11-13-30(14-12-29)24-26-9-4-10-27-24/h4-10H,11-15H2,1-3H3. The molecule has 1 aliphatic rings. The predicted molar refractivity (Wildman–Crippen MR) is 125 cm³/mol. The summed E-state index contributed by atoms with van der Waals surface area (Å²) in [5.74, 6) is 0.647. The van der Waals surface area contributed by atoms with Gasteiger partial charge in [-0.25, -0.2) is 9.97 Å². The van der Waals surface area contributed by atoms with Gasteiger partial charge >= 0.3 is 0 Å². The lowest BCUT2D eigenvalue weighted by atomic mass is 10.0. The molecule has 0 unspecified atom stereocenters. The van der Waals surface area contributed by atoms with Crippen LogP contribution >= 0.6 is 11.6 Å². The first-order chi connectivity index (χ1) is 15.4. The second-order valence-corrected chi connectivity index (χ2v) is 8.50. The Bertz CT molecular complexity index is 1130. The first-order valence-electron chi connectivity index (χ1n) is 10.6. The molecule has 8 heteroatoms. The number of carbonyl (C=O) groups excluding carboxylic acids is 2. The van der Waals surface area contributed by atoms with E-state index in [1.54, 1.807) is 42.7 Å². The van der Waals surface area contributed by atoms with Crippen LogP contribution in [-0.4, -0.2) is 63.7 Å². The number of benzene rings is 1. The lowest BCUT2D eigenvalue weighted by molar-refractivity contribution is 0.0925. The Balaban J connectivity index is 1.48. The van der Waals surface area contributed by atoms with Gasteiger partial charge in [-0.15, -0.1) is 0 Å². The number of halogens is 1. The van der Waals surface area contributed by atoms with Crippen LogP contribution in [-0.2, 0) is 7.05 Å². The highest BCUT2D eigenvalue weighted by Gasteiger charge is 2.27. The molecule has 7 nitrogen and oxygen atoms in total. The molecule has 1 fully saturated rings. The van der Waals surface area contributed by atoms with E-state index in [0.29, 0.717) is 28.4 Å². The molecule has 166 valence electrons. The van der Waals surface area contributed by atoms with Crippen LogP contribution in [0.25, 0.3) is 0 Å². The predicted octanol–water partition coefficient (Wildman–Crippen LogP) is 3.32. The summed E-state index contributed by atoms with van der Waals surface area (Å²) in [5, 5.41) is 0.580. The number of rotatable bonds is 6. The van der Waals surface area contributed by atoms with Crippen LogP contribution in [0.4, 0.5) is 5.95 Å². The van der Waals surface area contributed by atoms with Crippen LogP contribution in [0.3, 0.4) is 0 Å². The summed E-state index contributed by atoms with van der Waals surface area (Å²) in [6, 6.07) is 8.63. The van der Waals surface area contributed by atoms with Gasteiger partial charge in [0.2, 0.25) is 11.7 Å². The van der Waals surface area contributed by atoms with Crippen molar-refractivity contribution < 1.29 is 9.59 Å². The average Bonchev–Trinajstić information content (AvgIpc) is 3.03. The molecule has 0 N–H and O–H groups in total. The van der Waals surface area contributed by atoms with Gasteiger partial charge in [0.05, 0.1) is 12.2 Å². The number of carbonyl (C=O) groups is 2. The summed E-state index contributed by atoms with van der Waals surface area (Å²) in [4.78, 5) is 39.3. The third-order valence-corrected chi connectivity index (χ3v) is 6.36. The summed E-state index contributed by atoms with van der Waals surface area (Å²) < 4.78 is 1.82. The number of Topliss-reactive ketones (excluding diaryl/α,β-unsaturated/α-hetero) is 1. The lowest BCUT2D eigenvalue weighted by Gasteiger charge is -2.34. The van der Waals surface area contributed by atoms with Gasteiger partial charge in [-0.1, -0.05) is 11.6 Å². The van der Waals surface area contributed by atoms with Crippen LogP contribution in [0.15, 0.2) is 42.7 Å². The summed E-state index contributed by atoms with van der Waals surface area (Å²) >= 11 is 5.96. The molecule has 0 saturated carbocycles. The third-order valence-electron chi connectivity index (χ3n) is 6.11. The van der Waals surface area contributed by atoms with Gasteiger partial charge in [0.15, 0.2) is 5.78 Å². The number of ketones is 2. The Labute approximate surface area is 192 Å². The monoisotopic (exact) mass is 451 g/mol. The van der Waals surface area contributed by atoms with Crippen molar-refractivity contribution >= 4 is 29.1 Å². The number of hydrogen-bond donors (Lipinski definition) is 0. The second kappa shape index (κ2) is 9.22. The molecule has 4 rings (SSSR count). The molecule has 0 atom stereocenters. The largest absolute Gasteiger partial charge is 0.344 e. The van der Waals surface area contributed by atoms with E-state index >= 15 is 0 Å². The zero-order chi connectivity index (χ0) is 22.8.